The maximum absolute atomic E-state index is 13.8. The van der Waals surface area contributed by atoms with E-state index in [1.165, 1.54) is 16.2 Å². The average molecular weight is 599 g/mol. The molecule has 1 fully saturated rings. The lowest BCUT2D eigenvalue weighted by molar-refractivity contribution is -0.132. The van der Waals surface area contributed by atoms with Crippen LogP contribution >= 0.6 is 11.3 Å². The van der Waals surface area contributed by atoms with Crippen molar-refractivity contribution in [3.05, 3.63) is 89.0 Å². The van der Waals surface area contributed by atoms with Crippen LogP contribution in [0.2, 0.25) is 0 Å². The van der Waals surface area contributed by atoms with Crippen LogP contribution in [0.15, 0.2) is 66.8 Å². The number of aryl methyl sites for hydroxylation is 2. The second-order valence-electron chi connectivity index (χ2n) is 10.2. The molecule has 1 atom stereocenters. The fourth-order valence-corrected chi connectivity index (χ4v) is 6.55. The van der Waals surface area contributed by atoms with Gasteiger partial charge in [0.2, 0.25) is 0 Å². The molecule has 10 heteroatoms. The van der Waals surface area contributed by atoms with Crippen molar-refractivity contribution < 1.29 is 33.6 Å². The number of thiazole rings is 1. The average Bonchev–Trinajstić information content (AvgIpc) is 3.54. The van der Waals surface area contributed by atoms with Gasteiger partial charge < -0.3 is 24.1 Å². The number of nitrogens with zero attached hydrogens (tertiary/aromatic N) is 2. The molecule has 0 saturated carbocycles. The lowest BCUT2D eigenvalue weighted by atomic mass is 9.95. The van der Waals surface area contributed by atoms with Crippen LogP contribution in [0.1, 0.15) is 35.2 Å². The van der Waals surface area contributed by atoms with Crippen LogP contribution in [-0.2, 0) is 9.59 Å². The van der Waals surface area contributed by atoms with Crippen LogP contribution in [0, 0.1) is 13.8 Å². The lowest BCUT2D eigenvalue weighted by Crippen LogP contribution is -2.29. The molecule has 1 N–H and O–H groups in total. The summed E-state index contributed by atoms with van der Waals surface area (Å²) in [5.74, 6) is -0.0439. The summed E-state index contributed by atoms with van der Waals surface area (Å²) in [7, 11) is 0. The Morgan fingerprint density at radius 1 is 1.07 bits per heavy atom. The van der Waals surface area contributed by atoms with E-state index in [1.54, 1.807) is 42.5 Å². The predicted molar refractivity (Wildman–Crippen MR) is 165 cm³/mol. The Labute approximate surface area is 252 Å². The van der Waals surface area contributed by atoms with Crippen molar-refractivity contribution in [2.45, 2.75) is 26.8 Å². The third-order valence-corrected chi connectivity index (χ3v) is 8.23. The summed E-state index contributed by atoms with van der Waals surface area (Å²) in [6.07, 6.45) is 1.63. The molecule has 0 radical (unpaired) electrons. The molecule has 43 heavy (non-hydrogen) atoms. The van der Waals surface area contributed by atoms with E-state index in [0.717, 1.165) is 21.3 Å². The number of Topliss-reactive ketones (excluding diaryl/α,β-unsaturated/α-hetero) is 1. The molecule has 1 saturated heterocycles. The number of rotatable bonds is 8. The van der Waals surface area contributed by atoms with Crippen LogP contribution in [0.4, 0.5) is 5.13 Å². The zero-order chi connectivity index (χ0) is 30.2. The summed E-state index contributed by atoms with van der Waals surface area (Å²) in [6.45, 7) is 10.9. The Hall–Kier alpha value is -4.83. The smallest absolute Gasteiger partial charge is 0.301 e. The molecule has 1 aromatic heterocycles. The first-order valence-electron chi connectivity index (χ1n) is 13.9. The number of benzene rings is 3. The van der Waals surface area contributed by atoms with E-state index in [0.29, 0.717) is 59.1 Å². The van der Waals surface area contributed by atoms with Gasteiger partial charge in [-0.15, -0.1) is 0 Å². The largest absolute Gasteiger partial charge is 0.507 e. The molecule has 1 unspecified atom stereocenters. The van der Waals surface area contributed by atoms with Crippen LogP contribution in [0.3, 0.4) is 0 Å². The Kier molecular flexibility index (Phi) is 7.53. The summed E-state index contributed by atoms with van der Waals surface area (Å²) in [5, 5.41) is 12.0. The van der Waals surface area contributed by atoms with E-state index in [-0.39, 0.29) is 17.9 Å². The van der Waals surface area contributed by atoms with Gasteiger partial charge in [-0.2, -0.15) is 0 Å². The number of aliphatic hydroxyl groups excluding tert-OH is 1. The van der Waals surface area contributed by atoms with Crippen molar-refractivity contribution in [2.75, 3.05) is 31.3 Å². The number of fused-ring (bicyclic) bond motifs is 2. The number of carbonyl (C=O) groups excluding carboxylic acids is 2. The van der Waals surface area contributed by atoms with Gasteiger partial charge in [0.1, 0.15) is 25.6 Å². The van der Waals surface area contributed by atoms with Gasteiger partial charge in [0.05, 0.1) is 28.4 Å². The van der Waals surface area contributed by atoms with Gasteiger partial charge in [0.25, 0.3) is 5.78 Å². The number of ketones is 1. The Bertz CT molecular complexity index is 1810. The van der Waals surface area contributed by atoms with E-state index in [2.05, 4.69) is 6.58 Å². The fraction of sp³-hybridized carbons (Fsp3) is 0.242. The highest BCUT2D eigenvalue weighted by molar-refractivity contribution is 7.22. The SMILES string of the molecule is C=CCOc1ccc(C2/C(=C(/O)c3ccc4c(c3)OCCO4)C(=O)C(=O)N2c2nc3c(C)cc(C)cc3s2)cc1OCC. The van der Waals surface area contributed by atoms with Gasteiger partial charge in [0, 0.05) is 5.56 Å². The van der Waals surface area contributed by atoms with Crippen molar-refractivity contribution >= 4 is 44.1 Å². The summed E-state index contributed by atoms with van der Waals surface area (Å²) in [6, 6.07) is 13.1. The lowest BCUT2D eigenvalue weighted by Gasteiger charge is -2.24. The number of carbonyl (C=O) groups is 2. The highest BCUT2D eigenvalue weighted by atomic mass is 32.1. The maximum Gasteiger partial charge on any atom is 0.301 e. The zero-order valence-electron chi connectivity index (χ0n) is 24.0. The van der Waals surface area contributed by atoms with Crippen LogP contribution in [0.25, 0.3) is 16.0 Å². The molecule has 9 nitrogen and oxygen atoms in total. The number of anilines is 1. The first kappa shape index (κ1) is 28.3. The highest BCUT2D eigenvalue weighted by Gasteiger charge is 2.48. The molecule has 0 spiro atoms. The molecule has 6 rings (SSSR count). The fourth-order valence-electron chi connectivity index (χ4n) is 5.38. The Balaban J connectivity index is 1.55. The summed E-state index contributed by atoms with van der Waals surface area (Å²) in [5.41, 5.74) is 3.56. The standard InChI is InChI=1S/C33H30N2O7S/c1-5-11-40-22-9-7-20(16-24(22)39-6-2)29-27(30(36)21-8-10-23-25(17-21)42-13-12-41-23)31(37)32(38)35(29)33-34-28-19(4)14-18(3)15-26(28)43-33/h5,7-10,14-17,29,36H,1,6,11-13H2,2-4H3/b30-27-. The maximum atomic E-state index is 13.8. The molecular formula is C33H30N2O7S. The minimum Gasteiger partial charge on any atom is -0.507 e. The van der Waals surface area contributed by atoms with E-state index >= 15 is 0 Å². The number of aliphatic hydroxyl groups is 1. The van der Waals surface area contributed by atoms with E-state index in [1.807, 2.05) is 32.9 Å². The van der Waals surface area contributed by atoms with Gasteiger partial charge in [-0.3, -0.25) is 14.5 Å². The molecule has 2 aliphatic heterocycles. The monoisotopic (exact) mass is 598 g/mol. The number of hydrogen-bond acceptors (Lipinski definition) is 9. The molecule has 3 aromatic carbocycles. The first-order chi connectivity index (χ1) is 20.8. The molecule has 0 aliphatic carbocycles. The zero-order valence-corrected chi connectivity index (χ0v) is 24.8. The summed E-state index contributed by atoms with van der Waals surface area (Å²) >= 11 is 1.32. The molecule has 3 heterocycles. The number of hydrogen-bond donors (Lipinski definition) is 1. The third-order valence-electron chi connectivity index (χ3n) is 7.22. The van der Waals surface area contributed by atoms with Crippen molar-refractivity contribution in [3.63, 3.8) is 0 Å². The minimum absolute atomic E-state index is 0.0731. The van der Waals surface area contributed by atoms with Crippen molar-refractivity contribution in [2.24, 2.45) is 0 Å². The number of ether oxygens (including phenoxy) is 4. The summed E-state index contributed by atoms with van der Waals surface area (Å²) < 4.78 is 23.9. The first-order valence-corrected chi connectivity index (χ1v) is 14.7. The highest BCUT2D eigenvalue weighted by Crippen LogP contribution is 2.47. The molecule has 4 aromatic rings. The van der Waals surface area contributed by atoms with Crippen molar-refractivity contribution in [1.29, 1.82) is 0 Å². The van der Waals surface area contributed by atoms with E-state index in [4.69, 9.17) is 23.9 Å². The van der Waals surface area contributed by atoms with Gasteiger partial charge in [-0.1, -0.05) is 36.1 Å². The van der Waals surface area contributed by atoms with Crippen LogP contribution in [0.5, 0.6) is 23.0 Å². The van der Waals surface area contributed by atoms with Gasteiger partial charge >= 0.3 is 5.91 Å². The van der Waals surface area contributed by atoms with E-state index in [9.17, 15) is 14.7 Å². The Morgan fingerprint density at radius 2 is 1.86 bits per heavy atom. The number of aromatic nitrogens is 1. The van der Waals surface area contributed by atoms with E-state index < -0.39 is 17.7 Å². The predicted octanol–water partition coefficient (Wildman–Crippen LogP) is 6.27. The van der Waals surface area contributed by atoms with Crippen LogP contribution in [-0.4, -0.2) is 48.2 Å². The molecular weight excluding hydrogens is 568 g/mol. The molecule has 0 bridgehead atoms. The molecule has 220 valence electrons. The second kappa shape index (κ2) is 11.4. The normalized spacial score (nSPS) is 17.4. The third kappa shape index (κ3) is 5.08. The van der Waals surface area contributed by atoms with Crippen LogP contribution < -0.4 is 23.8 Å². The quantitative estimate of drug-likeness (QED) is 0.109. The van der Waals surface area contributed by atoms with Gasteiger partial charge in [-0.25, -0.2) is 4.98 Å². The Morgan fingerprint density at radius 3 is 2.63 bits per heavy atom. The van der Waals surface area contributed by atoms with Gasteiger partial charge in [-0.05, 0) is 73.9 Å². The minimum atomic E-state index is -0.997. The van der Waals surface area contributed by atoms with Gasteiger partial charge in [0.15, 0.2) is 28.1 Å². The van der Waals surface area contributed by atoms with Crippen molar-refractivity contribution in [3.8, 4) is 23.0 Å². The molecule has 2 aliphatic rings. The number of amides is 1. The topological polar surface area (TPSA) is 107 Å². The second-order valence-corrected chi connectivity index (χ2v) is 11.2. The molecule has 1 amide bonds. The van der Waals surface area contributed by atoms with Crippen molar-refractivity contribution in [1.82, 2.24) is 4.98 Å². The summed E-state index contributed by atoms with van der Waals surface area (Å²) in [4.78, 5) is 33.7.